The maximum Gasteiger partial charge on any atom is 0.241 e. The van der Waals surface area contributed by atoms with E-state index in [-0.39, 0.29) is 10.8 Å². The molecule has 0 bridgehead atoms. The second kappa shape index (κ2) is 9.49. The summed E-state index contributed by atoms with van der Waals surface area (Å²) in [4.78, 5) is 12.0. The Kier molecular flexibility index (Phi) is 8.01. The predicted molar refractivity (Wildman–Crippen MR) is 86.9 cm³/mol. The molecule has 0 heterocycles. The largest absolute Gasteiger partial charge is 0.497 e. The van der Waals surface area contributed by atoms with Crippen LogP contribution in [0.3, 0.4) is 0 Å². The van der Waals surface area contributed by atoms with Gasteiger partial charge in [0.25, 0.3) is 0 Å². The molecule has 130 valence electrons. The third-order valence-corrected chi connectivity index (χ3v) is 4.62. The van der Waals surface area contributed by atoms with Crippen LogP contribution >= 0.6 is 0 Å². The van der Waals surface area contributed by atoms with E-state index in [0.29, 0.717) is 31.9 Å². The highest BCUT2D eigenvalue weighted by Gasteiger charge is 2.21. The number of methoxy groups -OCH3 is 1. The van der Waals surface area contributed by atoms with Crippen LogP contribution in [0.2, 0.25) is 0 Å². The lowest BCUT2D eigenvalue weighted by Gasteiger charge is -2.14. The Morgan fingerprint density at radius 2 is 1.91 bits per heavy atom. The smallest absolute Gasteiger partial charge is 0.241 e. The van der Waals surface area contributed by atoms with E-state index in [4.69, 9.17) is 9.47 Å². The normalized spacial score (nSPS) is 12.7. The minimum Gasteiger partial charge on any atom is -0.497 e. The van der Waals surface area contributed by atoms with Crippen LogP contribution in [0.15, 0.2) is 29.2 Å². The molecule has 2 N–H and O–H groups in total. The summed E-state index contributed by atoms with van der Waals surface area (Å²) < 4.78 is 36.9. The number of nitrogens with one attached hydrogen (secondary N) is 2. The first-order valence-corrected chi connectivity index (χ1v) is 8.91. The number of carbonyl (C=O) groups is 1. The lowest BCUT2D eigenvalue weighted by molar-refractivity contribution is -0.122. The molecule has 1 rings (SSSR count). The van der Waals surface area contributed by atoms with Gasteiger partial charge in [-0.25, -0.2) is 8.42 Å². The van der Waals surface area contributed by atoms with Gasteiger partial charge in [-0.2, -0.15) is 4.72 Å². The molecule has 1 amide bonds. The van der Waals surface area contributed by atoms with Gasteiger partial charge in [-0.15, -0.1) is 0 Å². The molecule has 0 aliphatic heterocycles. The van der Waals surface area contributed by atoms with Crippen molar-refractivity contribution in [2.24, 2.45) is 0 Å². The fraction of sp³-hybridized carbons (Fsp3) is 0.533. The van der Waals surface area contributed by atoms with E-state index in [1.807, 2.05) is 6.92 Å². The summed E-state index contributed by atoms with van der Waals surface area (Å²) in [6, 6.07) is 5.08. The van der Waals surface area contributed by atoms with Crippen molar-refractivity contribution in [2.45, 2.75) is 31.2 Å². The summed E-state index contributed by atoms with van der Waals surface area (Å²) in [5.41, 5.74) is 0. The highest BCUT2D eigenvalue weighted by Crippen LogP contribution is 2.15. The molecule has 0 aliphatic carbocycles. The van der Waals surface area contributed by atoms with E-state index in [1.165, 1.54) is 26.2 Å². The lowest BCUT2D eigenvalue weighted by Crippen LogP contribution is -2.45. The summed E-state index contributed by atoms with van der Waals surface area (Å²) in [7, 11) is -2.26. The van der Waals surface area contributed by atoms with Gasteiger partial charge < -0.3 is 14.8 Å². The quantitative estimate of drug-likeness (QED) is 0.615. The lowest BCUT2D eigenvalue weighted by atomic mass is 10.3. The van der Waals surface area contributed by atoms with Gasteiger partial charge >= 0.3 is 0 Å². The number of sulfonamides is 1. The van der Waals surface area contributed by atoms with Gasteiger partial charge in [0.1, 0.15) is 5.75 Å². The highest BCUT2D eigenvalue weighted by atomic mass is 32.2. The topological polar surface area (TPSA) is 93.7 Å². The summed E-state index contributed by atoms with van der Waals surface area (Å²) in [5.74, 6) is 0.183. The van der Waals surface area contributed by atoms with Gasteiger partial charge in [0, 0.05) is 19.8 Å². The summed E-state index contributed by atoms with van der Waals surface area (Å²) in [6.07, 6.45) is 0.678. The molecule has 0 aromatic heterocycles. The van der Waals surface area contributed by atoms with Crippen molar-refractivity contribution in [1.82, 2.24) is 10.0 Å². The van der Waals surface area contributed by atoms with Crippen LogP contribution in [0, 0.1) is 0 Å². The van der Waals surface area contributed by atoms with Crippen molar-refractivity contribution in [2.75, 3.05) is 26.9 Å². The van der Waals surface area contributed by atoms with E-state index >= 15 is 0 Å². The van der Waals surface area contributed by atoms with Gasteiger partial charge in [0.2, 0.25) is 15.9 Å². The second-order valence-corrected chi connectivity index (χ2v) is 6.57. The Morgan fingerprint density at radius 1 is 1.26 bits per heavy atom. The van der Waals surface area contributed by atoms with E-state index in [2.05, 4.69) is 10.0 Å². The Hall–Kier alpha value is -1.64. The number of ether oxygens (including phenoxy) is 2. The first-order chi connectivity index (χ1) is 10.9. The molecule has 1 aromatic carbocycles. The average Bonchev–Trinajstić information content (AvgIpc) is 2.54. The molecule has 0 spiro atoms. The first-order valence-electron chi connectivity index (χ1n) is 7.42. The van der Waals surface area contributed by atoms with Crippen molar-refractivity contribution in [3.8, 4) is 5.75 Å². The molecular weight excluding hydrogens is 320 g/mol. The Bertz CT molecular complexity index is 586. The fourth-order valence-electron chi connectivity index (χ4n) is 1.79. The highest BCUT2D eigenvalue weighted by molar-refractivity contribution is 7.89. The van der Waals surface area contributed by atoms with Crippen LogP contribution in [-0.2, 0) is 19.6 Å². The van der Waals surface area contributed by atoms with E-state index in [9.17, 15) is 13.2 Å². The van der Waals surface area contributed by atoms with Gasteiger partial charge in [-0.3, -0.25) is 4.79 Å². The monoisotopic (exact) mass is 344 g/mol. The zero-order valence-electron chi connectivity index (χ0n) is 13.7. The molecule has 0 aliphatic rings. The minimum absolute atomic E-state index is 0.0781. The standard InChI is InChI=1S/C15H24N2O5S/c1-4-22-11-5-10-16-15(18)12(2)17-23(19,20)14-8-6-13(21-3)7-9-14/h6-9,12,17H,4-5,10-11H2,1-3H3,(H,16,18). The molecular formula is C15H24N2O5S. The number of hydrogen-bond donors (Lipinski definition) is 2. The Labute approximate surface area is 137 Å². The molecule has 1 unspecified atom stereocenters. The van der Waals surface area contributed by atoms with Crippen molar-refractivity contribution in [1.29, 1.82) is 0 Å². The Balaban J connectivity index is 2.53. The van der Waals surface area contributed by atoms with Crippen LogP contribution in [0.4, 0.5) is 0 Å². The maximum atomic E-state index is 12.2. The van der Waals surface area contributed by atoms with Crippen LogP contribution in [0.5, 0.6) is 5.75 Å². The summed E-state index contributed by atoms with van der Waals surface area (Å²) in [6.45, 7) is 5.02. The molecule has 0 saturated carbocycles. The van der Waals surface area contributed by atoms with Crippen molar-refractivity contribution < 1.29 is 22.7 Å². The fourth-order valence-corrected chi connectivity index (χ4v) is 3.00. The molecule has 8 heteroatoms. The summed E-state index contributed by atoms with van der Waals surface area (Å²) in [5, 5.41) is 2.67. The summed E-state index contributed by atoms with van der Waals surface area (Å²) >= 11 is 0. The number of benzene rings is 1. The molecule has 23 heavy (non-hydrogen) atoms. The molecule has 1 aromatic rings. The number of hydrogen-bond acceptors (Lipinski definition) is 5. The third-order valence-electron chi connectivity index (χ3n) is 3.06. The van der Waals surface area contributed by atoms with Crippen LogP contribution in [-0.4, -0.2) is 47.2 Å². The molecule has 0 fully saturated rings. The van der Waals surface area contributed by atoms with Crippen LogP contribution in [0.1, 0.15) is 20.3 Å². The molecule has 0 saturated heterocycles. The second-order valence-electron chi connectivity index (χ2n) is 4.86. The maximum absolute atomic E-state index is 12.2. The zero-order valence-corrected chi connectivity index (χ0v) is 14.5. The van der Waals surface area contributed by atoms with Gasteiger partial charge in [-0.1, -0.05) is 0 Å². The van der Waals surface area contributed by atoms with E-state index in [0.717, 1.165) is 0 Å². The SMILES string of the molecule is CCOCCCNC(=O)C(C)NS(=O)(=O)c1ccc(OC)cc1. The number of amides is 1. The van der Waals surface area contributed by atoms with Crippen LogP contribution in [0.25, 0.3) is 0 Å². The van der Waals surface area contributed by atoms with E-state index < -0.39 is 16.1 Å². The van der Waals surface area contributed by atoms with Gasteiger partial charge in [-0.05, 0) is 44.5 Å². The van der Waals surface area contributed by atoms with E-state index in [1.54, 1.807) is 12.1 Å². The average molecular weight is 344 g/mol. The van der Waals surface area contributed by atoms with Crippen LogP contribution < -0.4 is 14.8 Å². The molecule has 0 radical (unpaired) electrons. The number of carbonyl (C=O) groups excluding carboxylic acids is 1. The Morgan fingerprint density at radius 3 is 2.48 bits per heavy atom. The predicted octanol–water partition coefficient (Wildman–Crippen LogP) is 0.905. The molecule has 7 nitrogen and oxygen atoms in total. The van der Waals surface area contributed by atoms with Crippen molar-refractivity contribution in [3.63, 3.8) is 0 Å². The molecule has 1 atom stereocenters. The van der Waals surface area contributed by atoms with Crippen molar-refractivity contribution in [3.05, 3.63) is 24.3 Å². The van der Waals surface area contributed by atoms with Crippen molar-refractivity contribution >= 4 is 15.9 Å². The van der Waals surface area contributed by atoms with Gasteiger partial charge in [0.05, 0.1) is 18.0 Å². The zero-order chi connectivity index (χ0) is 17.3. The third kappa shape index (κ3) is 6.55. The van der Waals surface area contributed by atoms with Gasteiger partial charge in [0.15, 0.2) is 0 Å². The first kappa shape index (κ1) is 19.4. The minimum atomic E-state index is -3.76. The number of rotatable bonds is 10.